The summed E-state index contributed by atoms with van der Waals surface area (Å²) >= 11 is 0. The molecule has 3 saturated heterocycles. The number of nitrogens with one attached hydrogen (secondary N) is 2. The molecule has 3 aliphatic heterocycles. The molecule has 12 heteroatoms. The zero-order valence-electron chi connectivity index (χ0n) is 12.7. The van der Waals surface area contributed by atoms with Crippen LogP contribution in [0.25, 0.3) is 0 Å². The molecule has 11 nitrogen and oxygen atoms in total. The highest BCUT2D eigenvalue weighted by Crippen LogP contribution is 2.59. The van der Waals surface area contributed by atoms with Crippen LogP contribution in [0.1, 0.15) is 19.3 Å². The smallest absolute Gasteiger partial charge is 0.311 e. The van der Waals surface area contributed by atoms with Crippen molar-refractivity contribution in [1.82, 2.24) is 20.8 Å². The molecule has 3 N–H and O–H groups in total. The quantitative estimate of drug-likeness (QED) is 0.393. The van der Waals surface area contributed by atoms with Crippen LogP contribution in [0.4, 0.5) is 4.79 Å². The summed E-state index contributed by atoms with van der Waals surface area (Å²) in [4.78, 5) is 31.3. The van der Waals surface area contributed by atoms with Gasteiger partial charge >= 0.3 is 16.4 Å². The lowest BCUT2D eigenvalue weighted by Crippen LogP contribution is -2.56. The van der Waals surface area contributed by atoms with Crippen LogP contribution >= 0.6 is 0 Å². The second kappa shape index (κ2) is 5.26. The minimum atomic E-state index is -4.81. The van der Waals surface area contributed by atoms with Crippen LogP contribution in [-0.2, 0) is 24.3 Å². The van der Waals surface area contributed by atoms with Crippen LogP contribution in [0.15, 0.2) is 0 Å². The molecule has 4 rings (SSSR count). The average Bonchev–Trinajstić information content (AvgIpc) is 3.16. The Morgan fingerprint density at radius 3 is 2.62 bits per heavy atom. The van der Waals surface area contributed by atoms with E-state index >= 15 is 0 Å². The number of rotatable bonds is 5. The summed E-state index contributed by atoms with van der Waals surface area (Å²) in [7, 11) is -4.81. The van der Waals surface area contributed by atoms with Gasteiger partial charge in [-0.3, -0.25) is 14.2 Å². The molecule has 0 aromatic carbocycles. The van der Waals surface area contributed by atoms with Gasteiger partial charge in [-0.1, -0.05) is 0 Å². The lowest BCUT2D eigenvalue weighted by molar-refractivity contribution is -0.147. The van der Waals surface area contributed by atoms with Gasteiger partial charge in [0.2, 0.25) is 0 Å². The third-order valence-electron chi connectivity index (χ3n) is 5.21. The maximum absolute atomic E-state index is 12.4. The normalized spacial score (nSPS) is 31.3. The maximum Gasteiger partial charge on any atom is 0.418 e. The summed E-state index contributed by atoms with van der Waals surface area (Å²) in [5, 5.41) is 3.69. The summed E-state index contributed by atoms with van der Waals surface area (Å²) in [5.74, 6) is -0.436. The SMILES string of the molecule is O=C(NOC1CNC1)[C@@H]1CC2(CC2)[C@@H]2CN1C(=O)N2OS(=O)(=O)O. The second-order valence-electron chi connectivity index (χ2n) is 6.73. The summed E-state index contributed by atoms with van der Waals surface area (Å²) < 4.78 is 35.3. The molecule has 1 spiro atoms. The maximum atomic E-state index is 12.4. The standard InChI is InChI=1S/C12H18N4O7S/c17-10(14-22-7-4-13-5-7)8-3-12(1-2-12)9-6-15(8)11(18)16(9)23-24(19,20)21/h7-9,13H,1-6H2,(H,14,17)(H,19,20,21)/t8-,9-/m0/s1. The van der Waals surface area contributed by atoms with E-state index in [1.54, 1.807) is 0 Å². The summed E-state index contributed by atoms with van der Waals surface area (Å²) in [5.41, 5.74) is 2.03. The Morgan fingerprint density at radius 1 is 1.38 bits per heavy atom. The van der Waals surface area contributed by atoms with Gasteiger partial charge in [0, 0.05) is 19.6 Å². The van der Waals surface area contributed by atoms with Gasteiger partial charge in [0.15, 0.2) is 0 Å². The number of urea groups is 1. The Kier molecular flexibility index (Phi) is 3.51. The number of amides is 3. The molecule has 0 aromatic rings. The monoisotopic (exact) mass is 362 g/mol. The lowest BCUT2D eigenvalue weighted by atomic mass is 9.85. The fraction of sp³-hybridized carbons (Fsp3) is 0.833. The van der Waals surface area contributed by atoms with E-state index < -0.39 is 34.4 Å². The van der Waals surface area contributed by atoms with E-state index in [-0.39, 0.29) is 18.1 Å². The molecule has 1 saturated carbocycles. The van der Waals surface area contributed by atoms with Crippen LogP contribution < -0.4 is 10.8 Å². The van der Waals surface area contributed by atoms with Crippen LogP contribution in [0, 0.1) is 5.41 Å². The van der Waals surface area contributed by atoms with Crippen molar-refractivity contribution in [2.45, 2.75) is 37.5 Å². The van der Waals surface area contributed by atoms with Gasteiger partial charge in [-0.05, 0) is 24.7 Å². The Balaban J connectivity index is 1.50. The first-order chi connectivity index (χ1) is 11.3. The number of carbonyl (C=O) groups is 2. The number of nitrogens with zero attached hydrogens (tertiary/aromatic N) is 2. The molecule has 0 aromatic heterocycles. The summed E-state index contributed by atoms with van der Waals surface area (Å²) in [6.07, 6.45) is 1.85. The topological polar surface area (TPSA) is 138 Å². The molecule has 3 heterocycles. The first-order valence-corrected chi connectivity index (χ1v) is 9.09. The number of carbonyl (C=O) groups excluding carboxylic acids is 2. The van der Waals surface area contributed by atoms with Crippen molar-refractivity contribution in [3.63, 3.8) is 0 Å². The van der Waals surface area contributed by atoms with Gasteiger partial charge in [-0.15, -0.1) is 4.28 Å². The molecule has 4 aliphatic rings. The molecule has 0 unspecified atom stereocenters. The number of hydrogen-bond donors (Lipinski definition) is 3. The van der Waals surface area contributed by atoms with Crippen molar-refractivity contribution >= 4 is 22.3 Å². The number of piperidine rings is 1. The Morgan fingerprint density at radius 2 is 2.08 bits per heavy atom. The third-order valence-corrected chi connectivity index (χ3v) is 5.56. The fourth-order valence-corrected chi connectivity index (χ4v) is 3.98. The molecule has 24 heavy (non-hydrogen) atoms. The van der Waals surface area contributed by atoms with Gasteiger partial charge in [-0.25, -0.2) is 10.3 Å². The van der Waals surface area contributed by atoms with Crippen molar-refractivity contribution in [1.29, 1.82) is 0 Å². The highest BCUT2D eigenvalue weighted by molar-refractivity contribution is 7.80. The zero-order valence-corrected chi connectivity index (χ0v) is 13.5. The molecular weight excluding hydrogens is 344 g/mol. The molecular formula is C12H18N4O7S. The van der Waals surface area contributed by atoms with E-state index in [2.05, 4.69) is 15.1 Å². The van der Waals surface area contributed by atoms with Gasteiger partial charge in [0.25, 0.3) is 5.91 Å². The van der Waals surface area contributed by atoms with Crippen molar-refractivity contribution in [2.75, 3.05) is 19.6 Å². The summed E-state index contributed by atoms with van der Waals surface area (Å²) in [6.45, 7) is 1.47. The van der Waals surface area contributed by atoms with Gasteiger partial charge in [0.1, 0.15) is 12.1 Å². The molecule has 0 radical (unpaired) electrons. The van der Waals surface area contributed by atoms with E-state index in [4.69, 9.17) is 9.39 Å². The first kappa shape index (κ1) is 16.0. The van der Waals surface area contributed by atoms with Crippen molar-refractivity contribution in [2.24, 2.45) is 5.41 Å². The molecule has 2 atom stereocenters. The van der Waals surface area contributed by atoms with Crippen LogP contribution in [0.3, 0.4) is 0 Å². The van der Waals surface area contributed by atoms with Crippen molar-refractivity contribution in [3.05, 3.63) is 0 Å². The predicted octanol–water partition coefficient (Wildman–Crippen LogP) is -1.60. The highest BCUT2D eigenvalue weighted by Gasteiger charge is 2.65. The van der Waals surface area contributed by atoms with E-state index in [0.717, 1.165) is 12.8 Å². The second-order valence-corrected chi connectivity index (χ2v) is 7.73. The highest BCUT2D eigenvalue weighted by atomic mass is 32.3. The van der Waals surface area contributed by atoms with Crippen LogP contribution in [0.2, 0.25) is 0 Å². The third kappa shape index (κ3) is 2.63. The summed E-state index contributed by atoms with van der Waals surface area (Å²) in [6, 6.07) is -1.99. The van der Waals surface area contributed by atoms with Crippen LogP contribution in [0.5, 0.6) is 0 Å². The molecule has 1 aliphatic carbocycles. The van der Waals surface area contributed by atoms with Crippen LogP contribution in [-0.4, -0.2) is 72.7 Å². The van der Waals surface area contributed by atoms with Crippen molar-refractivity contribution in [3.8, 4) is 0 Å². The lowest BCUT2D eigenvalue weighted by Gasteiger charge is -2.36. The molecule has 134 valence electrons. The van der Waals surface area contributed by atoms with Gasteiger partial charge in [-0.2, -0.15) is 13.5 Å². The van der Waals surface area contributed by atoms with E-state index in [1.165, 1.54) is 4.90 Å². The van der Waals surface area contributed by atoms with E-state index in [1.807, 2.05) is 0 Å². The van der Waals surface area contributed by atoms with E-state index in [0.29, 0.717) is 24.6 Å². The zero-order chi connectivity index (χ0) is 17.1. The average molecular weight is 362 g/mol. The minimum Gasteiger partial charge on any atom is -0.311 e. The van der Waals surface area contributed by atoms with Gasteiger partial charge in [0.05, 0.1) is 6.04 Å². The number of hydroxylamine groups is 3. The van der Waals surface area contributed by atoms with E-state index in [9.17, 15) is 18.0 Å². The predicted molar refractivity (Wildman–Crippen MR) is 76.3 cm³/mol. The minimum absolute atomic E-state index is 0.0891. The fourth-order valence-electron chi connectivity index (χ4n) is 3.61. The van der Waals surface area contributed by atoms with Gasteiger partial charge < -0.3 is 10.2 Å². The largest absolute Gasteiger partial charge is 0.418 e. The van der Waals surface area contributed by atoms with Crippen molar-refractivity contribution < 1.29 is 31.7 Å². The molecule has 4 fully saturated rings. The number of hydrogen-bond acceptors (Lipinski definition) is 7. The first-order valence-electron chi connectivity index (χ1n) is 7.72. The Hall–Kier alpha value is -1.47. The Labute approximate surface area is 138 Å². The number of fused-ring (bicyclic) bond motifs is 3. The Bertz CT molecular complexity index is 675. The molecule has 2 bridgehead atoms. The molecule has 3 amide bonds.